The van der Waals surface area contributed by atoms with Crippen molar-refractivity contribution in [3.8, 4) is 0 Å². The molecule has 0 saturated heterocycles. The second-order valence-electron chi connectivity index (χ2n) is 5.05. The zero-order valence-corrected chi connectivity index (χ0v) is 13.8. The lowest BCUT2D eigenvalue weighted by Crippen LogP contribution is -2.17. The number of sulfonamides is 1. The number of hydrogen-bond acceptors (Lipinski definition) is 5. The number of esters is 1. The van der Waals surface area contributed by atoms with E-state index >= 15 is 0 Å². The number of ketones is 1. The number of ether oxygens (including phenoxy) is 1. The molecule has 0 fully saturated rings. The summed E-state index contributed by atoms with van der Waals surface area (Å²) in [6, 6.07) is 8.22. The van der Waals surface area contributed by atoms with Crippen LogP contribution in [0.1, 0.15) is 20.7 Å². The van der Waals surface area contributed by atoms with E-state index in [-0.39, 0.29) is 16.8 Å². The second-order valence-corrected chi connectivity index (χ2v) is 6.80. The molecule has 2 rings (SSSR count). The lowest BCUT2D eigenvalue weighted by atomic mass is 10.1. The Kier molecular flexibility index (Phi) is 5.48. The molecular weight excluding hydrogens is 356 g/mol. The third kappa shape index (κ3) is 5.08. The number of halogens is 2. The Bertz CT molecular complexity index is 928. The van der Waals surface area contributed by atoms with Crippen molar-refractivity contribution < 1.29 is 31.5 Å². The van der Waals surface area contributed by atoms with Crippen LogP contribution in [0.4, 0.5) is 14.5 Å². The number of anilines is 1. The highest BCUT2D eigenvalue weighted by Gasteiger charge is 2.17. The molecule has 6 nitrogen and oxygen atoms in total. The van der Waals surface area contributed by atoms with Crippen molar-refractivity contribution in [2.45, 2.75) is 0 Å². The number of hydrogen-bond donors (Lipinski definition) is 1. The Morgan fingerprint density at radius 1 is 1.08 bits per heavy atom. The Balaban J connectivity index is 2.10. The lowest BCUT2D eigenvalue weighted by molar-refractivity contribution is 0.0475. The summed E-state index contributed by atoms with van der Waals surface area (Å²) in [5, 5.41) is 0. The van der Waals surface area contributed by atoms with E-state index in [1.165, 1.54) is 24.3 Å². The molecule has 0 bridgehead atoms. The molecule has 0 amide bonds. The minimum absolute atomic E-state index is 0.00437. The number of para-hydroxylation sites is 1. The van der Waals surface area contributed by atoms with Gasteiger partial charge in [-0.3, -0.25) is 9.52 Å². The van der Waals surface area contributed by atoms with Crippen molar-refractivity contribution in [1.29, 1.82) is 0 Å². The second kappa shape index (κ2) is 7.39. The number of rotatable bonds is 6. The number of carbonyl (C=O) groups excluding carboxylic acids is 2. The molecule has 0 spiro atoms. The molecule has 0 aliphatic heterocycles. The van der Waals surface area contributed by atoms with Gasteiger partial charge in [0.2, 0.25) is 10.0 Å². The minimum atomic E-state index is -3.62. The van der Waals surface area contributed by atoms with Crippen LogP contribution in [0.25, 0.3) is 0 Å². The van der Waals surface area contributed by atoms with Gasteiger partial charge in [-0.1, -0.05) is 12.1 Å². The summed E-state index contributed by atoms with van der Waals surface area (Å²) in [6.45, 7) is -0.711. The van der Waals surface area contributed by atoms with Crippen molar-refractivity contribution >= 4 is 27.5 Å². The van der Waals surface area contributed by atoms with Crippen LogP contribution < -0.4 is 4.72 Å². The fourth-order valence-electron chi connectivity index (χ4n) is 1.91. The van der Waals surface area contributed by atoms with Crippen LogP contribution in [0.3, 0.4) is 0 Å². The molecule has 0 aromatic heterocycles. The van der Waals surface area contributed by atoms with Crippen LogP contribution in [0.2, 0.25) is 0 Å². The predicted molar refractivity (Wildman–Crippen MR) is 85.9 cm³/mol. The summed E-state index contributed by atoms with van der Waals surface area (Å²) >= 11 is 0. The normalized spacial score (nSPS) is 11.0. The van der Waals surface area contributed by atoms with Gasteiger partial charge in [-0.2, -0.15) is 0 Å². The fourth-order valence-corrected chi connectivity index (χ4v) is 2.49. The van der Waals surface area contributed by atoms with Crippen LogP contribution in [-0.4, -0.2) is 33.0 Å². The molecule has 0 radical (unpaired) electrons. The highest BCUT2D eigenvalue weighted by atomic mass is 32.2. The van der Waals surface area contributed by atoms with E-state index in [0.29, 0.717) is 6.07 Å². The average Bonchev–Trinajstić information content (AvgIpc) is 2.54. The van der Waals surface area contributed by atoms with E-state index in [0.717, 1.165) is 18.4 Å². The standard InChI is InChI=1S/C16H13F2NO5S/c1-25(22,23)19-14-5-3-2-4-11(14)16(21)24-9-15(20)10-6-7-12(17)13(18)8-10/h2-8,19H,9H2,1H3. The van der Waals surface area contributed by atoms with Crippen LogP contribution in [-0.2, 0) is 14.8 Å². The Morgan fingerprint density at radius 3 is 2.40 bits per heavy atom. The first-order valence-electron chi connectivity index (χ1n) is 6.89. The van der Waals surface area contributed by atoms with Gasteiger partial charge >= 0.3 is 5.97 Å². The van der Waals surface area contributed by atoms with Crippen molar-refractivity contribution in [3.05, 3.63) is 65.2 Å². The largest absolute Gasteiger partial charge is 0.454 e. The molecule has 0 atom stereocenters. The van der Waals surface area contributed by atoms with Crippen molar-refractivity contribution in [1.82, 2.24) is 0 Å². The van der Waals surface area contributed by atoms with Gasteiger partial charge in [0.1, 0.15) is 0 Å². The van der Waals surface area contributed by atoms with Crippen molar-refractivity contribution in [3.63, 3.8) is 0 Å². The van der Waals surface area contributed by atoms with Crippen LogP contribution in [0.15, 0.2) is 42.5 Å². The van der Waals surface area contributed by atoms with Gasteiger partial charge in [-0.15, -0.1) is 0 Å². The molecule has 2 aromatic rings. The summed E-state index contributed by atoms with van der Waals surface area (Å²) in [6.07, 6.45) is 0.918. The lowest BCUT2D eigenvalue weighted by Gasteiger charge is -2.10. The SMILES string of the molecule is CS(=O)(=O)Nc1ccccc1C(=O)OCC(=O)c1ccc(F)c(F)c1. The Labute approximate surface area is 142 Å². The maximum Gasteiger partial charge on any atom is 0.340 e. The van der Waals surface area contributed by atoms with Crippen LogP contribution in [0.5, 0.6) is 0 Å². The van der Waals surface area contributed by atoms with E-state index in [4.69, 9.17) is 4.74 Å². The van der Waals surface area contributed by atoms with Gasteiger partial charge in [-0.25, -0.2) is 22.0 Å². The number of Topliss-reactive ketones (excluding diaryl/α,β-unsaturated/α-hetero) is 1. The van der Waals surface area contributed by atoms with Crippen molar-refractivity contribution in [2.75, 3.05) is 17.6 Å². The summed E-state index contributed by atoms with van der Waals surface area (Å²) in [7, 11) is -3.62. The molecule has 0 unspecified atom stereocenters. The highest BCUT2D eigenvalue weighted by Crippen LogP contribution is 2.17. The summed E-state index contributed by atoms with van der Waals surface area (Å²) in [5.41, 5.74) is -0.254. The first-order valence-corrected chi connectivity index (χ1v) is 8.79. The van der Waals surface area contributed by atoms with E-state index in [1.807, 2.05) is 0 Å². The molecular formula is C16H13F2NO5S. The Morgan fingerprint density at radius 2 is 1.76 bits per heavy atom. The molecule has 0 aliphatic rings. The quantitative estimate of drug-likeness (QED) is 0.624. The summed E-state index contributed by atoms with van der Waals surface area (Å²) in [5.74, 6) is -3.97. The topological polar surface area (TPSA) is 89.5 Å². The van der Waals surface area contributed by atoms with E-state index in [9.17, 15) is 26.8 Å². The van der Waals surface area contributed by atoms with Gasteiger partial charge < -0.3 is 4.74 Å². The smallest absolute Gasteiger partial charge is 0.340 e. The van der Waals surface area contributed by atoms with Gasteiger partial charge in [0.25, 0.3) is 0 Å². The first-order chi connectivity index (χ1) is 11.7. The molecule has 1 N–H and O–H groups in total. The van der Waals surface area contributed by atoms with E-state index < -0.39 is 40.0 Å². The minimum Gasteiger partial charge on any atom is -0.454 e. The van der Waals surface area contributed by atoms with E-state index in [1.54, 1.807) is 0 Å². The molecule has 132 valence electrons. The van der Waals surface area contributed by atoms with Gasteiger partial charge in [0, 0.05) is 5.56 Å². The van der Waals surface area contributed by atoms with Crippen LogP contribution >= 0.6 is 0 Å². The third-order valence-electron chi connectivity index (χ3n) is 3.02. The summed E-state index contributed by atoms with van der Waals surface area (Å²) in [4.78, 5) is 23.9. The van der Waals surface area contributed by atoms with Crippen molar-refractivity contribution in [2.24, 2.45) is 0 Å². The highest BCUT2D eigenvalue weighted by molar-refractivity contribution is 7.92. The maximum absolute atomic E-state index is 13.1. The maximum atomic E-state index is 13.1. The molecule has 2 aromatic carbocycles. The predicted octanol–water partition coefficient (Wildman–Crippen LogP) is 2.38. The summed E-state index contributed by atoms with van der Waals surface area (Å²) < 4.78 is 55.6. The number of carbonyl (C=O) groups is 2. The monoisotopic (exact) mass is 369 g/mol. The fraction of sp³-hybridized carbons (Fsp3) is 0.125. The zero-order chi connectivity index (χ0) is 18.6. The zero-order valence-electron chi connectivity index (χ0n) is 13.0. The van der Waals surface area contributed by atoms with Gasteiger partial charge in [0.15, 0.2) is 24.0 Å². The van der Waals surface area contributed by atoms with Crippen LogP contribution in [0, 0.1) is 11.6 Å². The molecule has 0 saturated carbocycles. The first kappa shape index (κ1) is 18.5. The Hall–Kier alpha value is -2.81. The number of benzene rings is 2. The molecule has 9 heteroatoms. The molecule has 0 heterocycles. The van der Waals surface area contributed by atoms with E-state index in [2.05, 4.69) is 4.72 Å². The molecule has 0 aliphatic carbocycles. The van der Waals surface area contributed by atoms with Gasteiger partial charge in [0.05, 0.1) is 17.5 Å². The molecule has 25 heavy (non-hydrogen) atoms. The number of nitrogens with one attached hydrogen (secondary N) is 1. The average molecular weight is 369 g/mol. The van der Waals surface area contributed by atoms with Gasteiger partial charge in [-0.05, 0) is 30.3 Å². The third-order valence-corrected chi connectivity index (χ3v) is 3.61.